The summed E-state index contributed by atoms with van der Waals surface area (Å²) >= 11 is 0. The standard InChI is InChI=1S/C20H20N2O5/c23-19(13-27-16-4-2-1-3-5-16)21-14-10-20(24)22(12-14)15-6-7-17-18(11-15)26-9-8-25-17/h1-7,11,14H,8-10,12-13H2,(H,21,23)/t14-/m1/s1. The molecule has 0 aromatic heterocycles. The van der Waals surface area contributed by atoms with Gasteiger partial charge in [-0.2, -0.15) is 0 Å². The summed E-state index contributed by atoms with van der Waals surface area (Å²) in [6.45, 7) is 1.34. The van der Waals surface area contributed by atoms with Crippen LogP contribution in [-0.2, 0) is 9.59 Å². The summed E-state index contributed by atoms with van der Waals surface area (Å²) in [5.74, 6) is 1.66. The van der Waals surface area contributed by atoms with Crippen LogP contribution < -0.4 is 24.4 Å². The highest BCUT2D eigenvalue weighted by atomic mass is 16.6. The number of nitrogens with one attached hydrogen (secondary N) is 1. The van der Waals surface area contributed by atoms with Gasteiger partial charge >= 0.3 is 0 Å². The van der Waals surface area contributed by atoms with Crippen molar-refractivity contribution in [2.24, 2.45) is 0 Å². The molecule has 7 nitrogen and oxygen atoms in total. The predicted molar refractivity (Wildman–Crippen MR) is 98.3 cm³/mol. The molecule has 27 heavy (non-hydrogen) atoms. The van der Waals surface area contributed by atoms with Crippen LogP contribution in [0.2, 0.25) is 0 Å². The van der Waals surface area contributed by atoms with E-state index in [0.29, 0.717) is 37.0 Å². The van der Waals surface area contributed by atoms with Gasteiger partial charge in [-0.25, -0.2) is 0 Å². The molecule has 7 heteroatoms. The first-order chi connectivity index (χ1) is 13.2. The summed E-state index contributed by atoms with van der Waals surface area (Å²) in [5.41, 5.74) is 0.738. The number of anilines is 1. The van der Waals surface area contributed by atoms with Gasteiger partial charge < -0.3 is 24.4 Å². The number of para-hydroxylation sites is 1. The van der Waals surface area contributed by atoms with E-state index >= 15 is 0 Å². The molecule has 1 N–H and O–H groups in total. The Kier molecular flexibility index (Phi) is 4.82. The van der Waals surface area contributed by atoms with Crippen molar-refractivity contribution in [2.45, 2.75) is 12.5 Å². The van der Waals surface area contributed by atoms with Gasteiger partial charge in [-0.1, -0.05) is 18.2 Å². The molecule has 2 aromatic rings. The molecule has 0 spiro atoms. The molecule has 2 aliphatic rings. The number of rotatable bonds is 5. The number of hydrogen-bond acceptors (Lipinski definition) is 5. The van der Waals surface area contributed by atoms with E-state index in [0.717, 1.165) is 5.69 Å². The first-order valence-corrected chi connectivity index (χ1v) is 8.86. The maximum atomic E-state index is 12.4. The number of amides is 2. The summed E-state index contributed by atoms with van der Waals surface area (Å²) in [6.07, 6.45) is 0.255. The summed E-state index contributed by atoms with van der Waals surface area (Å²) in [7, 11) is 0. The average molecular weight is 368 g/mol. The van der Waals surface area contributed by atoms with Crippen molar-refractivity contribution < 1.29 is 23.8 Å². The monoisotopic (exact) mass is 368 g/mol. The third-order valence-corrected chi connectivity index (χ3v) is 4.44. The highest BCUT2D eigenvalue weighted by Gasteiger charge is 2.32. The van der Waals surface area contributed by atoms with Crippen molar-refractivity contribution in [3.8, 4) is 17.2 Å². The number of carbonyl (C=O) groups excluding carboxylic acids is 2. The lowest BCUT2D eigenvalue weighted by atomic mass is 10.2. The Hall–Kier alpha value is -3.22. The highest BCUT2D eigenvalue weighted by molar-refractivity contribution is 5.97. The molecule has 0 radical (unpaired) electrons. The van der Waals surface area contributed by atoms with Crippen molar-refractivity contribution in [1.29, 1.82) is 0 Å². The van der Waals surface area contributed by atoms with Gasteiger partial charge in [-0.05, 0) is 24.3 Å². The molecule has 0 aliphatic carbocycles. The zero-order valence-electron chi connectivity index (χ0n) is 14.7. The summed E-state index contributed by atoms with van der Waals surface area (Å²) in [6, 6.07) is 14.3. The Bertz CT molecular complexity index is 840. The third kappa shape index (κ3) is 3.97. The number of nitrogens with zero attached hydrogens (tertiary/aromatic N) is 1. The molecule has 1 fully saturated rings. The van der Waals surface area contributed by atoms with E-state index in [1.54, 1.807) is 29.2 Å². The third-order valence-electron chi connectivity index (χ3n) is 4.44. The van der Waals surface area contributed by atoms with Gasteiger partial charge in [0.15, 0.2) is 18.1 Å². The average Bonchev–Trinajstić information content (AvgIpc) is 3.07. The SMILES string of the molecule is O=C(COc1ccccc1)N[C@@H]1CC(=O)N(c2ccc3c(c2)OCCO3)C1. The lowest BCUT2D eigenvalue weighted by Crippen LogP contribution is -2.39. The lowest BCUT2D eigenvalue weighted by Gasteiger charge is -2.22. The van der Waals surface area contributed by atoms with Crippen LogP contribution in [0.3, 0.4) is 0 Å². The van der Waals surface area contributed by atoms with Gasteiger partial charge in [0.1, 0.15) is 19.0 Å². The van der Waals surface area contributed by atoms with Crippen LogP contribution in [-0.4, -0.2) is 44.2 Å². The minimum atomic E-state index is -0.252. The van der Waals surface area contributed by atoms with Gasteiger partial charge in [-0.3, -0.25) is 9.59 Å². The van der Waals surface area contributed by atoms with Gasteiger partial charge in [0.2, 0.25) is 5.91 Å². The van der Waals surface area contributed by atoms with Crippen molar-refractivity contribution in [3.05, 3.63) is 48.5 Å². The Morgan fingerprint density at radius 2 is 1.89 bits per heavy atom. The molecule has 2 amide bonds. The predicted octanol–water partition coefficient (Wildman–Crippen LogP) is 1.76. The number of ether oxygens (including phenoxy) is 3. The zero-order valence-corrected chi connectivity index (χ0v) is 14.7. The molecule has 2 aromatic carbocycles. The fourth-order valence-electron chi connectivity index (χ4n) is 3.19. The fourth-order valence-corrected chi connectivity index (χ4v) is 3.19. The molecule has 0 bridgehead atoms. The van der Waals surface area contributed by atoms with E-state index in [1.165, 1.54) is 0 Å². The topological polar surface area (TPSA) is 77.1 Å². The number of benzene rings is 2. The molecular weight excluding hydrogens is 348 g/mol. The Morgan fingerprint density at radius 3 is 2.70 bits per heavy atom. The minimum Gasteiger partial charge on any atom is -0.486 e. The largest absolute Gasteiger partial charge is 0.486 e. The molecule has 4 rings (SSSR count). The van der Waals surface area contributed by atoms with Crippen LogP contribution in [0.15, 0.2) is 48.5 Å². The second-order valence-electron chi connectivity index (χ2n) is 6.40. The molecule has 2 heterocycles. The number of fused-ring (bicyclic) bond motifs is 1. The molecule has 2 aliphatic heterocycles. The highest BCUT2D eigenvalue weighted by Crippen LogP contribution is 2.35. The quantitative estimate of drug-likeness (QED) is 0.870. The smallest absolute Gasteiger partial charge is 0.258 e. The van der Waals surface area contributed by atoms with Gasteiger partial charge in [0.25, 0.3) is 5.91 Å². The van der Waals surface area contributed by atoms with Crippen LogP contribution in [0.5, 0.6) is 17.2 Å². The number of hydrogen-bond donors (Lipinski definition) is 1. The molecule has 140 valence electrons. The second kappa shape index (κ2) is 7.57. The summed E-state index contributed by atoms with van der Waals surface area (Å²) in [4.78, 5) is 26.2. The van der Waals surface area contributed by atoms with E-state index in [9.17, 15) is 9.59 Å². The van der Waals surface area contributed by atoms with Crippen molar-refractivity contribution in [2.75, 3.05) is 31.3 Å². The van der Waals surface area contributed by atoms with Crippen LogP contribution >= 0.6 is 0 Å². The first kappa shape index (κ1) is 17.2. The van der Waals surface area contributed by atoms with Gasteiger partial charge in [0.05, 0.1) is 6.04 Å². The van der Waals surface area contributed by atoms with Crippen LogP contribution in [0.1, 0.15) is 6.42 Å². The molecule has 0 unspecified atom stereocenters. The van der Waals surface area contributed by atoms with E-state index in [2.05, 4.69) is 5.32 Å². The van der Waals surface area contributed by atoms with E-state index in [-0.39, 0.29) is 30.9 Å². The normalized spacial score (nSPS) is 18.3. The van der Waals surface area contributed by atoms with E-state index in [1.807, 2.05) is 24.3 Å². The zero-order chi connectivity index (χ0) is 18.6. The van der Waals surface area contributed by atoms with Crippen LogP contribution in [0, 0.1) is 0 Å². The Morgan fingerprint density at radius 1 is 1.11 bits per heavy atom. The second-order valence-corrected chi connectivity index (χ2v) is 6.40. The molecule has 1 saturated heterocycles. The van der Waals surface area contributed by atoms with Crippen molar-refractivity contribution in [1.82, 2.24) is 5.32 Å². The minimum absolute atomic E-state index is 0.0408. The fraction of sp³-hybridized carbons (Fsp3) is 0.300. The summed E-state index contributed by atoms with van der Waals surface area (Å²) < 4.78 is 16.5. The first-order valence-electron chi connectivity index (χ1n) is 8.86. The van der Waals surface area contributed by atoms with E-state index in [4.69, 9.17) is 14.2 Å². The Balaban J connectivity index is 1.34. The molecule has 0 saturated carbocycles. The van der Waals surface area contributed by atoms with Crippen molar-refractivity contribution in [3.63, 3.8) is 0 Å². The molecule has 1 atom stereocenters. The summed E-state index contributed by atoms with van der Waals surface area (Å²) in [5, 5.41) is 2.86. The van der Waals surface area contributed by atoms with Gasteiger partial charge in [0, 0.05) is 24.7 Å². The van der Waals surface area contributed by atoms with E-state index < -0.39 is 0 Å². The molecular formula is C20H20N2O5. The van der Waals surface area contributed by atoms with Crippen LogP contribution in [0.25, 0.3) is 0 Å². The maximum absolute atomic E-state index is 12.4. The number of carbonyl (C=O) groups is 2. The van der Waals surface area contributed by atoms with Gasteiger partial charge in [-0.15, -0.1) is 0 Å². The Labute approximate surface area is 156 Å². The van der Waals surface area contributed by atoms with Crippen molar-refractivity contribution >= 4 is 17.5 Å². The lowest BCUT2D eigenvalue weighted by molar-refractivity contribution is -0.123. The maximum Gasteiger partial charge on any atom is 0.258 e. The van der Waals surface area contributed by atoms with Crippen LogP contribution in [0.4, 0.5) is 5.69 Å².